The zero-order valence-corrected chi connectivity index (χ0v) is 9.49. The summed E-state index contributed by atoms with van der Waals surface area (Å²) in [6.07, 6.45) is 1.34. The van der Waals surface area contributed by atoms with Gasteiger partial charge in [0.05, 0.1) is 13.2 Å². The summed E-state index contributed by atoms with van der Waals surface area (Å²) in [5.74, 6) is 0.798. The molecule has 0 aliphatic carbocycles. The monoisotopic (exact) mass is 220 g/mol. The van der Waals surface area contributed by atoms with E-state index in [0.717, 1.165) is 11.3 Å². The number of urea groups is 1. The van der Waals surface area contributed by atoms with Crippen LogP contribution in [0.2, 0.25) is 0 Å². The Bertz CT molecular complexity index is 360. The Morgan fingerprint density at radius 1 is 1.44 bits per heavy atom. The summed E-state index contributed by atoms with van der Waals surface area (Å²) in [4.78, 5) is 11.2. The maximum absolute atomic E-state index is 11.2. The zero-order chi connectivity index (χ0) is 12.0. The van der Waals surface area contributed by atoms with Crippen molar-refractivity contribution in [2.24, 2.45) is 0 Å². The van der Waals surface area contributed by atoms with Crippen LogP contribution in [0.15, 0.2) is 37.0 Å². The molecule has 1 atom stereocenters. The van der Waals surface area contributed by atoms with Crippen LogP contribution < -0.4 is 15.4 Å². The van der Waals surface area contributed by atoms with Crippen LogP contribution in [0.1, 0.15) is 18.5 Å². The summed E-state index contributed by atoms with van der Waals surface area (Å²) in [7, 11) is 1.62. The molecule has 0 fully saturated rings. The fourth-order valence-corrected chi connectivity index (χ4v) is 1.31. The molecular weight excluding hydrogens is 204 g/mol. The number of methoxy groups -OCH3 is 1. The number of nitrogens with one attached hydrogen (secondary N) is 2. The van der Waals surface area contributed by atoms with Gasteiger partial charge in [-0.3, -0.25) is 0 Å². The topological polar surface area (TPSA) is 50.4 Å². The van der Waals surface area contributed by atoms with Crippen molar-refractivity contribution in [3.8, 4) is 5.75 Å². The van der Waals surface area contributed by atoms with Gasteiger partial charge in [0.2, 0.25) is 0 Å². The molecule has 2 N–H and O–H groups in total. The molecule has 0 spiro atoms. The van der Waals surface area contributed by atoms with E-state index in [9.17, 15) is 4.79 Å². The smallest absolute Gasteiger partial charge is 0.319 e. The SMILES string of the molecule is C=CNC(=O)NC(C)c1ccc(OC)cc1. The minimum absolute atomic E-state index is 0.0640. The molecule has 1 rings (SSSR count). The molecule has 1 aromatic rings. The normalized spacial score (nSPS) is 11.4. The van der Waals surface area contributed by atoms with E-state index < -0.39 is 0 Å². The molecule has 86 valence electrons. The van der Waals surface area contributed by atoms with Gasteiger partial charge in [0, 0.05) is 0 Å². The van der Waals surface area contributed by atoms with E-state index in [4.69, 9.17) is 4.74 Å². The molecule has 1 unspecified atom stereocenters. The van der Waals surface area contributed by atoms with E-state index in [2.05, 4.69) is 17.2 Å². The molecule has 0 radical (unpaired) electrons. The third-order valence-corrected chi connectivity index (χ3v) is 2.20. The molecule has 1 aromatic carbocycles. The third-order valence-electron chi connectivity index (χ3n) is 2.20. The summed E-state index contributed by atoms with van der Waals surface area (Å²) >= 11 is 0. The Morgan fingerprint density at radius 2 is 2.06 bits per heavy atom. The van der Waals surface area contributed by atoms with Crippen molar-refractivity contribution in [2.75, 3.05) is 7.11 Å². The minimum atomic E-state index is -0.265. The number of ether oxygens (including phenoxy) is 1. The first kappa shape index (κ1) is 12.1. The lowest BCUT2D eigenvalue weighted by molar-refractivity contribution is 0.241. The molecule has 0 aromatic heterocycles. The van der Waals surface area contributed by atoms with Crippen LogP contribution in [0.25, 0.3) is 0 Å². The number of benzene rings is 1. The van der Waals surface area contributed by atoms with Crippen LogP contribution in [0.3, 0.4) is 0 Å². The molecule has 2 amide bonds. The van der Waals surface area contributed by atoms with Gasteiger partial charge in [0.15, 0.2) is 0 Å². The van der Waals surface area contributed by atoms with Gasteiger partial charge in [0.25, 0.3) is 0 Å². The lowest BCUT2D eigenvalue weighted by Gasteiger charge is -2.14. The highest BCUT2D eigenvalue weighted by atomic mass is 16.5. The molecule has 0 aliphatic heterocycles. The molecular formula is C12H16N2O2. The maximum atomic E-state index is 11.2. The number of carbonyl (C=O) groups is 1. The van der Waals surface area contributed by atoms with Crippen molar-refractivity contribution >= 4 is 6.03 Å². The molecule has 0 bridgehead atoms. The lowest BCUT2D eigenvalue weighted by atomic mass is 10.1. The van der Waals surface area contributed by atoms with Crippen LogP contribution in [0, 0.1) is 0 Å². The first-order valence-electron chi connectivity index (χ1n) is 4.99. The standard InChI is InChI=1S/C12H16N2O2/c1-4-13-12(15)14-9(2)10-5-7-11(16-3)8-6-10/h4-9H,1H2,2-3H3,(H2,13,14,15). The highest BCUT2D eigenvalue weighted by Crippen LogP contribution is 2.16. The summed E-state index contributed by atoms with van der Waals surface area (Å²) in [5, 5.41) is 5.23. The molecule has 16 heavy (non-hydrogen) atoms. The van der Waals surface area contributed by atoms with E-state index in [0.29, 0.717) is 0 Å². The van der Waals surface area contributed by atoms with E-state index in [-0.39, 0.29) is 12.1 Å². The van der Waals surface area contributed by atoms with Crippen molar-refractivity contribution in [3.05, 3.63) is 42.6 Å². The largest absolute Gasteiger partial charge is 0.497 e. The Kier molecular flexibility index (Phi) is 4.39. The van der Waals surface area contributed by atoms with E-state index in [1.54, 1.807) is 7.11 Å². The van der Waals surface area contributed by atoms with E-state index >= 15 is 0 Å². The number of hydrogen-bond acceptors (Lipinski definition) is 2. The Balaban J connectivity index is 2.61. The fraction of sp³-hybridized carbons (Fsp3) is 0.250. The van der Waals surface area contributed by atoms with E-state index in [1.807, 2.05) is 31.2 Å². The van der Waals surface area contributed by atoms with Gasteiger partial charge in [-0.25, -0.2) is 4.79 Å². The Labute approximate surface area is 95.3 Å². The number of amides is 2. The summed E-state index contributed by atoms with van der Waals surface area (Å²) in [6, 6.07) is 7.22. The van der Waals surface area contributed by atoms with Crippen molar-refractivity contribution < 1.29 is 9.53 Å². The highest BCUT2D eigenvalue weighted by Gasteiger charge is 2.07. The Hall–Kier alpha value is -1.97. The van der Waals surface area contributed by atoms with Gasteiger partial charge in [-0.15, -0.1) is 0 Å². The van der Waals surface area contributed by atoms with Crippen LogP contribution in [0.5, 0.6) is 5.75 Å². The second-order valence-corrected chi connectivity index (χ2v) is 3.32. The average Bonchev–Trinajstić information content (AvgIpc) is 2.29. The first-order valence-corrected chi connectivity index (χ1v) is 4.99. The highest BCUT2D eigenvalue weighted by molar-refractivity contribution is 5.75. The minimum Gasteiger partial charge on any atom is -0.497 e. The molecule has 0 heterocycles. The van der Waals surface area contributed by atoms with Gasteiger partial charge >= 0.3 is 6.03 Å². The summed E-state index contributed by atoms with van der Waals surface area (Å²) in [6.45, 7) is 5.32. The van der Waals surface area contributed by atoms with Crippen molar-refractivity contribution in [1.82, 2.24) is 10.6 Å². The average molecular weight is 220 g/mol. The van der Waals surface area contributed by atoms with Gasteiger partial charge in [-0.05, 0) is 30.8 Å². The predicted molar refractivity (Wildman–Crippen MR) is 63.3 cm³/mol. The van der Waals surface area contributed by atoms with E-state index in [1.165, 1.54) is 6.20 Å². The van der Waals surface area contributed by atoms with Gasteiger partial charge in [0.1, 0.15) is 5.75 Å². The van der Waals surface area contributed by atoms with Gasteiger partial charge in [-0.1, -0.05) is 18.7 Å². The van der Waals surface area contributed by atoms with Crippen molar-refractivity contribution in [1.29, 1.82) is 0 Å². The summed E-state index contributed by atoms with van der Waals surface area (Å²) in [5.41, 5.74) is 1.01. The fourth-order valence-electron chi connectivity index (χ4n) is 1.31. The van der Waals surface area contributed by atoms with Crippen LogP contribution in [-0.2, 0) is 0 Å². The number of hydrogen-bond donors (Lipinski definition) is 2. The number of rotatable bonds is 4. The van der Waals surface area contributed by atoms with Crippen molar-refractivity contribution in [3.63, 3.8) is 0 Å². The molecule has 4 nitrogen and oxygen atoms in total. The zero-order valence-electron chi connectivity index (χ0n) is 9.49. The second-order valence-electron chi connectivity index (χ2n) is 3.32. The maximum Gasteiger partial charge on any atom is 0.319 e. The molecule has 4 heteroatoms. The predicted octanol–water partition coefficient (Wildman–Crippen LogP) is 2.20. The lowest BCUT2D eigenvalue weighted by Crippen LogP contribution is -2.33. The first-order chi connectivity index (χ1) is 7.67. The number of carbonyl (C=O) groups excluding carboxylic acids is 1. The van der Waals surface area contributed by atoms with Crippen LogP contribution in [-0.4, -0.2) is 13.1 Å². The molecule has 0 saturated heterocycles. The van der Waals surface area contributed by atoms with Crippen LogP contribution >= 0.6 is 0 Å². The van der Waals surface area contributed by atoms with Gasteiger partial charge in [-0.2, -0.15) is 0 Å². The third kappa shape index (κ3) is 3.31. The van der Waals surface area contributed by atoms with Gasteiger partial charge < -0.3 is 15.4 Å². The molecule has 0 aliphatic rings. The van der Waals surface area contributed by atoms with Crippen molar-refractivity contribution in [2.45, 2.75) is 13.0 Å². The second kappa shape index (κ2) is 5.80. The van der Waals surface area contributed by atoms with Crippen LogP contribution in [0.4, 0.5) is 4.79 Å². The summed E-state index contributed by atoms with van der Waals surface area (Å²) < 4.78 is 5.06. The quantitative estimate of drug-likeness (QED) is 0.817. The molecule has 0 saturated carbocycles. The Morgan fingerprint density at radius 3 is 2.56 bits per heavy atom.